The molecule has 1 saturated heterocycles. The second kappa shape index (κ2) is 15.6. The zero-order valence-corrected chi connectivity index (χ0v) is 28.2. The number of anilines is 1. The third-order valence-corrected chi connectivity index (χ3v) is 9.93. The average Bonchev–Trinajstić information content (AvgIpc) is 3.68. The van der Waals surface area contributed by atoms with Crippen LogP contribution in [-0.4, -0.2) is 77.0 Å². The van der Waals surface area contributed by atoms with Crippen molar-refractivity contribution in [2.75, 3.05) is 38.7 Å². The Kier molecular flexibility index (Phi) is 10.8. The number of rotatable bonds is 11. The molecule has 0 bridgehead atoms. The van der Waals surface area contributed by atoms with Crippen molar-refractivity contribution in [3.05, 3.63) is 95.8 Å². The fourth-order valence-corrected chi connectivity index (χ4v) is 7.23. The number of likely N-dealkylation sites (tertiary alicyclic amines) is 1. The minimum atomic E-state index is -0.274. The summed E-state index contributed by atoms with van der Waals surface area (Å²) in [6.45, 7) is 7.82. The van der Waals surface area contributed by atoms with Crippen LogP contribution in [0.25, 0.3) is 16.9 Å². The first-order valence-electron chi connectivity index (χ1n) is 17.2. The van der Waals surface area contributed by atoms with Crippen molar-refractivity contribution < 1.29 is 14.3 Å². The molecule has 10 heteroatoms. The largest absolute Gasteiger partial charge is 0.385 e. The number of aromatic nitrogens is 3. The fourth-order valence-electron chi connectivity index (χ4n) is 7.23. The monoisotopic (exact) mass is 649 g/mol. The van der Waals surface area contributed by atoms with Crippen LogP contribution in [-0.2, 0) is 4.74 Å². The molecule has 252 valence electrons. The summed E-state index contributed by atoms with van der Waals surface area (Å²) >= 11 is 0. The zero-order chi connectivity index (χ0) is 33.5. The van der Waals surface area contributed by atoms with Crippen molar-refractivity contribution in [1.82, 2.24) is 30.3 Å². The number of carbonyl (C=O) groups is 2. The van der Waals surface area contributed by atoms with Crippen LogP contribution in [0, 0.1) is 12.8 Å². The summed E-state index contributed by atoms with van der Waals surface area (Å²) in [5.74, 6) is 1.07. The second-order valence-corrected chi connectivity index (χ2v) is 13.0. The van der Waals surface area contributed by atoms with E-state index < -0.39 is 0 Å². The molecule has 1 aliphatic carbocycles. The number of hydrogen-bond acceptors (Lipinski definition) is 6. The number of pyridine rings is 1. The minimum Gasteiger partial charge on any atom is -0.385 e. The standard InChI is InChI=1S/C38H47N7O3/c1-4-44-20-16-30(17-21-44)40-37(46)34-25-29(15-19-39-34)35-26(2)36(45(43-35)31-13-9-6-10-14-31)42-38(47)41-33-24-27(18-22-48-3)23-32(33)28-11-7-5-8-12-28/h5-15,19,25,27,30,32-33H,4,16-18,20-24H2,1-3H3,(H,40,46)(H2,41,42,47)/t27-,32-,33+/m0/s1. The van der Waals surface area contributed by atoms with E-state index in [9.17, 15) is 9.59 Å². The molecular formula is C38H47N7O3. The van der Waals surface area contributed by atoms with Crippen LogP contribution in [0.3, 0.4) is 0 Å². The summed E-state index contributed by atoms with van der Waals surface area (Å²) in [5.41, 5.74) is 4.62. The van der Waals surface area contributed by atoms with E-state index >= 15 is 0 Å². The van der Waals surface area contributed by atoms with Crippen molar-refractivity contribution in [3.63, 3.8) is 0 Å². The summed E-state index contributed by atoms with van der Waals surface area (Å²) in [5, 5.41) is 14.6. The van der Waals surface area contributed by atoms with Gasteiger partial charge in [0.25, 0.3) is 5.91 Å². The van der Waals surface area contributed by atoms with Crippen LogP contribution < -0.4 is 16.0 Å². The molecule has 4 aromatic rings. The van der Waals surface area contributed by atoms with Crippen LogP contribution >= 0.6 is 0 Å². The van der Waals surface area contributed by atoms with Gasteiger partial charge in [0, 0.05) is 62.1 Å². The first-order chi connectivity index (χ1) is 23.4. The summed E-state index contributed by atoms with van der Waals surface area (Å²) in [4.78, 5) is 33.8. The number of nitrogens with one attached hydrogen (secondary N) is 3. The average molecular weight is 650 g/mol. The van der Waals surface area contributed by atoms with E-state index in [1.54, 1.807) is 24.1 Å². The van der Waals surface area contributed by atoms with Crippen LogP contribution in [0.5, 0.6) is 0 Å². The highest BCUT2D eigenvalue weighted by atomic mass is 16.5. The maximum absolute atomic E-state index is 13.8. The molecule has 0 spiro atoms. The lowest BCUT2D eigenvalue weighted by molar-refractivity contribution is 0.0907. The van der Waals surface area contributed by atoms with E-state index in [0.717, 1.165) is 68.6 Å². The van der Waals surface area contributed by atoms with E-state index in [2.05, 4.69) is 57.0 Å². The zero-order valence-electron chi connectivity index (χ0n) is 28.2. The Morgan fingerprint density at radius 1 is 0.958 bits per heavy atom. The lowest BCUT2D eigenvalue weighted by Crippen LogP contribution is -2.44. The Bertz CT molecular complexity index is 1670. The van der Waals surface area contributed by atoms with Gasteiger partial charge in [-0.3, -0.25) is 15.1 Å². The highest BCUT2D eigenvalue weighted by molar-refractivity contribution is 5.94. The molecule has 48 heavy (non-hydrogen) atoms. The lowest BCUT2D eigenvalue weighted by Gasteiger charge is -2.31. The molecule has 10 nitrogen and oxygen atoms in total. The van der Waals surface area contributed by atoms with E-state index in [0.29, 0.717) is 29.7 Å². The highest BCUT2D eigenvalue weighted by Crippen LogP contribution is 2.40. The molecule has 1 saturated carbocycles. The second-order valence-electron chi connectivity index (χ2n) is 13.0. The van der Waals surface area contributed by atoms with E-state index in [4.69, 9.17) is 9.84 Å². The lowest BCUT2D eigenvalue weighted by atomic mass is 9.93. The molecule has 1 aliphatic heterocycles. The topological polar surface area (TPSA) is 113 Å². The van der Waals surface area contributed by atoms with Crippen LogP contribution in [0.1, 0.15) is 66.6 Å². The molecule has 3 amide bonds. The number of para-hydroxylation sites is 1. The molecular weight excluding hydrogens is 602 g/mol. The van der Waals surface area contributed by atoms with Gasteiger partial charge in [-0.25, -0.2) is 9.48 Å². The summed E-state index contributed by atoms with van der Waals surface area (Å²) in [7, 11) is 1.73. The molecule has 0 unspecified atom stereocenters. The van der Waals surface area contributed by atoms with Gasteiger partial charge in [0.15, 0.2) is 0 Å². The number of hydrogen-bond donors (Lipinski definition) is 3. The van der Waals surface area contributed by atoms with E-state index in [1.807, 2.05) is 49.4 Å². The van der Waals surface area contributed by atoms with E-state index in [1.165, 1.54) is 5.56 Å². The third-order valence-electron chi connectivity index (χ3n) is 9.93. The summed E-state index contributed by atoms with van der Waals surface area (Å²) in [6, 6.07) is 23.7. The minimum absolute atomic E-state index is 0.0161. The number of amides is 3. The van der Waals surface area contributed by atoms with Gasteiger partial charge >= 0.3 is 6.03 Å². The predicted molar refractivity (Wildman–Crippen MR) is 188 cm³/mol. The normalized spacial score (nSPS) is 20.0. The fraction of sp³-hybridized carbons (Fsp3) is 0.421. The van der Waals surface area contributed by atoms with Crippen molar-refractivity contribution >= 4 is 17.8 Å². The van der Waals surface area contributed by atoms with Gasteiger partial charge in [-0.2, -0.15) is 5.10 Å². The molecule has 3 heterocycles. The smallest absolute Gasteiger partial charge is 0.320 e. The van der Waals surface area contributed by atoms with Gasteiger partial charge < -0.3 is 20.3 Å². The number of benzene rings is 2. The first-order valence-corrected chi connectivity index (χ1v) is 17.2. The van der Waals surface area contributed by atoms with Crippen LogP contribution in [0.4, 0.5) is 10.6 Å². The number of ether oxygens (including phenoxy) is 1. The van der Waals surface area contributed by atoms with Crippen molar-refractivity contribution in [3.8, 4) is 16.9 Å². The Morgan fingerprint density at radius 2 is 1.69 bits per heavy atom. The third kappa shape index (κ3) is 7.77. The molecule has 3 atom stereocenters. The Balaban J connectivity index is 1.23. The maximum atomic E-state index is 13.8. The number of urea groups is 1. The predicted octanol–water partition coefficient (Wildman–Crippen LogP) is 6.18. The SMILES string of the molecule is CCN1CCC(NC(=O)c2cc(-c3nn(-c4ccccc4)c(NC(=O)N[C@@H]4C[C@@H](CCOC)C[C@H]4c4ccccc4)c3C)ccn2)CC1. The molecule has 3 N–H and O–H groups in total. The van der Waals surface area contributed by atoms with Crippen molar-refractivity contribution in [2.45, 2.75) is 64.0 Å². The molecule has 6 rings (SSSR count). The summed E-state index contributed by atoms with van der Waals surface area (Å²) in [6.07, 6.45) is 6.36. The number of methoxy groups -OCH3 is 1. The van der Waals surface area contributed by atoms with Crippen molar-refractivity contribution in [1.29, 1.82) is 0 Å². The molecule has 2 aliphatic rings. The van der Waals surface area contributed by atoms with Crippen molar-refractivity contribution in [2.24, 2.45) is 5.92 Å². The number of carbonyl (C=O) groups excluding carboxylic acids is 2. The van der Waals surface area contributed by atoms with E-state index in [-0.39, 0.29) is 29.9 Å². The quantitative estimate of drug-likeness (QED) is 0.179. The molecule has 0 radical (unpaired) electrons. The maximum Gasteiger partial charge on any atom is 0.320 e. The Labute approximate surface area is 283 Å². The molecule has 2 aromatic carbocycles. The first kappa shape index (κ1) is 33.4. The summed E-state index contributed by atoms with van der Waals surface area (Å²) < 4.78 is 7.13. The number of nitrogens with zero attached hydrogens (tertiary/aromatic N) is 4. The Hall–Kier alpha value is -4.54. The van der Waals surface area contributed by atoms with Gasteiger partial charge in [0.05, 0.1) is 11.4 Å². The number of piperidine rings is 1. The van der Waals surface area contributed by atoms with Gasteiger partial charge in [0.2, 0.25) is 0 Å². The van der Waals surface area contributed by atoms with Gasteiger partial charge in [-0.15, -0.1) is 0 Å². The van der Waals surface area contributed by atoms with Gasteiger partial charge in [0.1, 0.15) is 11.5 Å². The van der Waals surface area contributed by atoms with Crippen LogP contribution in [0.2, 0.25) is 0 Å². The highest BCUT2D eigenvalue weighted by Gasteiger charge is 2.36. The van der Waals surface area contributed by atoms with Gasteiger partial charge in [-0.1, -0.05) is 55.5 Å². The molecule has 2 aromatic heterocycles. The molecule has 2 fully saturated rings. The van der Waals surface area contributed by atoms with Gasteiger partial charge in [-0.05, 0) is 81.3 Å². The Morgan fingerprint density at radius 3 is 2.40 bits per heavy atom. The van der Waals surface area contributed by atoms with Crippen LogP contribution in [0.15, 0.2) is 79.0 Å².